The van der Waals surface area contributed by atoms with Crippen molar-refractivity contribution in [3.05, 3.63) is 45.7 Å². The second kappa shape index (κ2) is 10.2. The van der Waals surface area contributed by atoms with Crippen molar-refractivity contribution in [2.75, 3.05) is 25.5 Å². The molecule has 0 unspecified atom stereocenters. The Morgan fingerprint density at radius 1 is 1.16 bits per heavy atom. The lowest BCUT2D eigenvalue weighted by Crippen LogP contribution is -2.32. The van der Waals surface area contributed by atoms with Gasteiger partial charge < -0.3 is 10.1 Å². The van der Waals surface area contributed by atoms with Crippen molar-refractivity contribution < 1.29 is 17.9 Å². The number of rotatable bonds is 6. The first-order valence-electron chi connectivity index (χ1n) is 10.0. The average Bonchev–Trinajstić information content (AvgIpc) is 3.01. The summed E-state index contributed by atoms with van der Waals surface area (Å²) in [5, 5.41) is 3.22. The summed E-state index contributed by atoms with van der Waals surface area (Å²) in [5.41, 5.74) is 1.31. The predicted molar refractivity (Wildman–Crippen MR) is 122 cm³/mol. The Labute approximate surface area is 192 Å². The zero-order valence-electron chi connectivity index (χ0n) is 17.5. The summed E-state index contributed by atoms with van der Waals surface area (Å²) in [6.07, 6.45) is 3.61. The van der Waals surface area contributed by atoms with Crippen molar-refractivity contribution in [1.29, 1.82) is 0 Å². The monoisotopic (exact) mass is 485 g/mol. The van der Waals surface area contributed by atoms with Gasteiger partial charge in [0, 0.05) is 29.4 Å². The molecule has 0 atom stereocenters. The van der Waals surface area contributed by atoms with Crippen LogP contribution in [0.5, 0.6) is 5.75 Å². The number of hydrogen-bond donors (Lipinski definition) is 1. The molecule has 168 valence electrons. The predicted octanol–water partition coefficient (Wildman–Crippen LogP) is 4.45. The molecule has 0 radical (unpaired) electrons. The number of aromatic nitrogens is 1. The summed E-state index contributed by atoms with van der Waals surface area (Å²) >= 11 is 12.4. The van der Waals surface area contributed by atoms with E-state index in [9.17, 15) is 13.2 Å². The number of amides is 1. The normalized spacial score (nSPS) is 15.4. The van der Waals surface area contributed by atoms with Gasteiger partial charge in [-0.05, 0) is 44.0 Å². The van der Waals surface area contributed by atoms with Crippen LogP contribution in [0.1, 0.15) is 36.9 Å². The van der Waals surface area contributed by atoms with Crippen molar-refractivity contribution in [3.8, 4) is 5.75 Å². The van der Waals surface area contributed by atoms with Crippen LogP contribution in [0.4, 0.5) is 5.69 Å². The number of halogens is 2. The number of carbonyl (C=O) groups is 1. The lowest BCUT2D eigenvalue weighted by Gasteiger charge is -2.21. The smallest absolute Gasteiger partial charge is 0.243 e. The molecule has 0 saturated carbocycles. The Bertz CT molecular complexity index is 1050. The van der Waals surface area contributed by atoms with E-state index in [4.69, 9.17) is 27.9 Å². The number of ether oxygens (including phenoxy) is 1. The molecule has 2 aromatic rings. The summed E-state index contributed by atoms with van der Waals surface area (Å²) < 4.78 is 33.0. The van der Waals surface area contributed by atoms with E-state index in [-0.39, 0.29) is 22.2 Å². The molecule has 0 bridgehead atoms. The quantitative estimate of drug-likeness (QED) is 0.610. The summed E-state index contributed by atoms with van der Waals surface area (Å²) in [6, 6.07) is 6.08. The fourth-order valence-corrected chi connectivity index (χ4v) is 5.72. The van der Waals surface area contributed by atoms with E-state index >= 15 is 0 Å². The van der Waals surface area contributed by atoms with E-state index in [0.717, 1.165) is 25.7 Å². The molecule has 10 heteroatoms. The Morgan fingerprint density at radius 3 is 2.45 bits per heavy atom. The number of methoxy groups -OCH3 is 1. The van der Waals surface area contributed by atoms with Gasteiger partial charge in [0.25, 0.3) is 0 Å². The standard InChI is InChI=1S/C21H25Cl2N3O4S/c1-14-11-17(22)16(21(23)24-14)13-20(27)25-18-12-15(7-8-19(18)30-2)31(28,29)26-9-5-3-4-6-10-26/h7-8,11-12H,3-6,9-10,13H2,1-2H3,(H,25,27). The third-order valence-corrected chi connectivity index (χ3v) is 7.68. The Kier molecular flexibility index (Phi) is 7.80. The second-order valence-electron chi connectivity index (χ2n) is 7.42. The highest BCUT2D eigenvalue weighted by atomic mass is 35.5. The van der Waals surface area contributed by atoms with Crippen LogP contribution in [0.3, 0.4) is 0 Å². The van der Waals surface area contributed by atoms with E-state index in [1.807, 2.05) is 0 Å². The van der Waals surface area contributed by atoms with Crippen LogP contribution in [0.25, 0.3) is 0 Å². The van der Waals surface area contributed by atoms with Crippen LogP contribution >= 0.6 is 23.2 Å². The molecular formula is C21H25Cl2N3O4S. The Balaban J connectivity index is 1.85. The van der Waals surface area contributed by atoms with Crippen LogP contribution < -0.4 is 10.1 Å². The number of benzene rings is 1. The lowest BCUT2D eigenvalue weighted by molar-refractivity contribution is -0.115. The molecule has 1 aliphatic rings. The van der Waals surface area contributed by atoms with Crippen molar-refractivity contribution in [2.45, 2.75) is 43.9 Å². The van der Waals surface area contributed by atoms with Gasteiger partial charge in [-0.1, -0.05) is 36.0 Å². The number of carbonyl (C=O) groups excluding carboxylic acids is 1. The van der Waals surface area contributed by atoms with Crippen molar-refractivity contribution in [2.24, 2.45) is 0 Å². The highest BCUT2D eigenvalue weighted by Gasteiger charge is 2.26. The molecule has 1 aromatic heterocycles. The molecule has 1 aromatic carbocycles. The molecule has 3 rings (SSSR count). The van der Waals surface area contributed by atoms with Crippen LogP contribution in [-0.4, -0.2) is 43.8 Å². The van der Waals surface area contributed by atoms with Gasteiger partial charge in [-0.3, -0.25) is 4.79 Å². The number of aryl methyl sites for hydroxylation is 1. The zero-order valence-corrected chi connectivity index (χ0v) is 19.8. The summed E-state index contributed by atoms with van der Waals surface area (Å²) in [6.45, 7) is 2.74. The molecule has 1 amide bonds. The van der Waals surface area contributed by atoms with Crippen molar-refractivity contribution in [3.63, 3.8) is 0 Å². The molecule has 1 aliphatic heterocycles. The van der Waals surface area contributed by atoms with Gasteiger partial charge in [0.2, 0.25) is 15.9 Å². The third-order valence-electron chi connectivity index (χ3n) is 5.13. The number of anilines is 1. The maximum Gasteiger partial charge on any atom is 0.243 e. The number of nitrogens with zero attached hydrogens (tertiary/aromatic N) is 2. The molecule has 1 saturated heterocycles. The number of hydrogen-bond acceptors (Lipinski definition) is 5. The minimum atomic E-state index is -3.67. The Morgan fingerprint density at radius 2 is 1.84 bits per heavy atom. The number of sulfonamides is 1. The second-order valence-corrected chi connectivity index (χ2v) is 10.1. The van der Waals surface area contributed by atoms with Crippen LogP contribution in [0.15, 0.2) is 29.2 Å². The fraction of sp³-hybridized carbons (Fsp3) is 0.429. The molecule has 31 heavy (non-hydrogen) atoms. The highest BCUT2D eigenvalue weighted by molar-refractivity contribution is 7.89. The van der Waals surface area contributed by atoms with Gasteiger partial charge in [0.1, 0.15) is 10.9 Å². The molecular weight excluding hydrogens is 461 g/mol. The van der Waals surface area contributed by atoms with E-state index in [2.05, 4.69) is 10.3 Å². The zero-order chi connectivity index (χ0) is 22.6. The van der Waals surface area contributed by atoms with Gasteiger partial charge in [-0.2, -0.15) is 4.31 Å². The minimum absolute atomic E-state index is 0.110. The fourth-order valence-electron chi connectivity index (χ4n) is 3.51. The van der Waals surface area contributed by atoms with Crippen LogP contribution in [-0.2, 0) is 21.2 Å². The van der Waals surface area contributed by atoms with Gasteiger partial charge >= 0.3 is 0 Å². The van der Waals surface area contributed by atoms with Gasteiger partial charge in [-0.25, -0.2) is 13.4 Å². The number of pyridine rings is 1. The van der Waals surface area contributed by atoms with Gasteiger partial charge in [0.15, 0.2) is 0 Å². The Hall–Kier alpha value is -1.87. The first-order chi connectivity index (χ1) is 14.7. The molecule has 0 aliphatic carbocycles. The van der Waals surface area contributed by atoms with Crippen LogP contribution in [0, 0.1) is 6.92 Å². The largest absolute Gasteiger partial charge is 0.495 e. The minimum Gasteiger partial charge on any atom is -0.495 e. The summed E-state index contributed by atoms with van der Waals surface area (Å²) in [7, 11) is -2.22. The average molecular weight is 486 g/mol. The van der Waals surface area contributed by atoms with Gasteiger partial charge in [0.05, 0.1) is 24.1 Å². The van der Waals surface area contributed by atoms with Crippen LogP contribution in [0.2, 0.25) is 10.2 Å². The summed E-state index contributed by atoms with van der Waals surface area (Å²) in [4.78, 5) is 16.9. The van der Waals surface area contributed by atoms with Gasteiger partial charge in [-0.15, -0.1) is 0 Å². The van der Waals surface area contributed by atoms with E-state index in [1.54, 1.807) is 13.0 Å². The third kappa shape index (κ3) is 5.68. The molecule has 1 fully saturated rings. The van der Waals surface area contributed by atoms with E-state index in [0.29, 0.717) is 35.1 Å². The first kappa shape index (κ1) is 23.8. The molecule has 7 nitrogen and oxygen atoms in total. The molecule has 1 N–H and O–H groups in total. The highest BCUT2D eigenvalue weighted by Crippen LogP contribution is 2.31. The van der Waals surface area contributed by atoms with Crippen molar-refractivity contribution >= 4 is 44.8 Å². The molecule has 2 heterocycles. The first-order valence-corrected chi connectivity index (χ1v) is 12.2. The lowest BCUT2D eigenvalue weighted by atomic mass is 10.2. The maximum atomic E-state index is 13.1. The topological polar surface area (TPSA) is 88.6 Å². The summed E-state index contributed by atoms with van der Waals surface area (Å²) in [5.74, 6) is -0.0699. The SMILES string of the molecule is COc1ccc(S(=O)(=O)N2CCCCCC2)cc1NC(=O)Cc1c(Cl)cc(C)nc1Cl. The number of nitrogens with one attached hydrogen (secondary N) is 1. The van der Waals surface area contributed by atoms with Crippen molar-refractivity contribution in [1.82, 2.24) is 9.29 Å². The maximum absolute atomic E-state index is 13.1. The molecule has 0 spiro atoms. The van der Waals surface area contributed by atoms with E-state index < -0.39 is 15.9 Å². The van der Waals surface area contributed by atoms with E-state index in [1.165, 1.54) is 29.6 Å².